The molecule has 0 bridgehead atoms. The van der Waals surface area contributed by atoms with Gasteiger partial charge >= 0.3 is 12.1 Å². The molecule has 1 fully saturated rings. The fourth-order valence-electron chi connectivity index (χ4n) is 5.16. The molecule has 3 N–H and O–H groups in total. The number of fused-ring (bicyclic) bond motifs is 3. The largest absolute Gasteiger partial charge is 0.481 e. The third kappa shape index (κ3) is 5.58. The van der Waals surface area contributed by atoms with E-state index in [-0.39, 0.29) is 36.8 Å². The highest BCUT2D eigenvalue weighted by Crippen LogP contribution is 2.44. The molecular formula is C27H32N2O5. The highest BCUT2D eigenvalue weighted by Gasteiger charge is 2.35. The van der Waals surface area contributed by atoms with Crippen molar-refractivity contribution >= 4 is 18.0 Å². The summed E-state index contributed by atoms with van der Waals surface area (Å²) in [6.45, 7) is 0.770. The topological polar surface area (TPSA) is 105 Å². The van der Waals surface area contributed by atoms with Crippen molar-refractivity contribution in [3.05, 3.63) is 59.7 Å². The zero-order valence-corrected chi connectivity index (χ0v) is 19.3. The van der Waals surface area contributed by atoms with E-state index in [1.54, 1.807) is 0 Å². The minimum absolute atomic E-state index is 0.00181. The first kappa shape index (κ1) is 23.8. The van der Waals surface area contributed by atoms with Crippen molar-refractivity contribution in [1.29, 1.82) is 0 Å². The van der Waals surface area contributed by atoms with Crippen molar-refractivity contribution in [3.8, 4) is 11.1 Å². The first-order valence-corrected chi connectivity index (χ1v) is 12.2. The minimum Gasteiger partial charge on any atom is -0.481 e. The first-order chi connectivity index (χ1) is 16.5. The molecule has 7 nitrogen and oxygen atoms in total. The number of carboxylic acids is 1. The van der Waals surface area contributed by atoms with E-state index in [1.165, 1.54) is 11.1 Å². The second kappa shape index (κ2) is 11.2. The van der Waals surface area contributed by atoms with Crippen molar-refractivity contribution in [2.24, 2.45) is 5.92 Å². The summed E-state index contributed by atoms with van der Waals surface area (Å²) in [4.78, 5) is 35.8. The number of aliphatic carboxylic acids is 1. The van der Waals surface area contributed by atoms with Crippen LogP contribution in [0.4, 0.5) is 4.79 Å². The molecule has 2 aromatic rings. The van der Waals surface area contributed by atoms with E-state index >= 15 is 0 Å². The zero-order chi connectivity index (χ0) is 23.9. The van der Waals surface area contributed by atoms with Crippen molar-refractivity contribution in [1.82, 2.24) is 10.6 Å². The Labute approximate surface area is 199 Å². The standard InChI is InChI=1S/C27H32N2O5/c30-25(31)15-2-1-7-16-28-26(32)22-13-8-14-24(22)29-27(33)34-17-23-20-11-5-3-9-18(20)19-10-4-6-12-21(19)23/h3-6,9-12,22-24H,1-2,7-8,13-17H2,(H,28,32)(H,29,33)(H,30,31). The van der Waals surface area contributed by atoms with Crippen LogP contribution < -0.4 is 10.6 Å². The van der Waals surface area contributed by atoms with Crippen LogP contribution in [0.3, 0.4) is 0 Å². The number of hydrogen-bond acceptors (Lipinski definition) is 4. The van der Waals surface area contributed by atoms with Gasteiger partial charge in [0.1, 0.15) is 6.61 Å². The normalized spacial score (nSPS) is 18.7. The first-order valence-electron chi connectivity index (χ1n) is 12.2. The second-order valence-electron chi connectivity index (χ2n) is 9.11. The van der Waals surface area contributed by atoms with E-state index in [0.717, 1.165) is 43.2 Å². The van der Waals surface area contributed by atoms with Gasteiger partial charge in [-0.1, -0.05) is 61.4 Å². The summed E-state index contributed by atoms with van der Waals surface area (Å²) in [6.07, 6.45) is 4.16. The van der Waals surface area contributed by atoms with Crippen LogP contribution in [0, 0.1) is 5.92 Å². The number of amides is 2. The number of rotatable bonds is 10. The fraction of sp³-hybridized carbons (Fsp3) is 0.444. The average molecular weight is 465 g/mol. The SMILES string of the molecule is O=C(O)CCCCCNC(=O)C1CCCC1NC(=O)OCC1c2ccccc2-c2ccccc21. The molecule has 2 atom stereocenters. The number of benzene rings is 2. The molecule has 34 heavy (non-hydrogen) atoms. The molecule has 0 heterocycles. The van der Waals surface area contributed by atoms with Crippen molar-refractivity contribution in [2.75, 3.05) is 13.2 Å². The van der Waals surface area contributed by atoms with Gasteiger partial charge in [0.2, 0.25) is 5.91 Å². The average Bonchev–Trinajstić information content (AvgIpc) is 3.42. The molecule has 2 aliphatic rings. The molecule has 4 rings (SSSR count). The highest BCUT2D eigenvalue weighted by molar-refractivity contribution is 5.81. The smallest absolute Gasteiger partial charge is 0.407 e. The Balaban J connectivity index is 1.25. The van der Waals surface area contributed by atoms with Gasteiger partial charge in [0.25, 0.3) is 0 Å². The Kier molecular flexibility index (Phi) is 7.83. The van der Waals surface area contributed by atoms with E-state index in [9.17, 15) is 14.4 Å². The Hall–Kier alpha value is -3.35. The summed E-state index contributed by atoms with van der Waals surface area (Å²) in [7, 11) is 0. The molecule has 0 radical (unpaired) electrons. The predicted molar refractivity (Wildman–Crippen MR) is 128 cm³/mol. The van der Waals surface area contributed by atoms with Crippen LogP contribution >= 0.6 is 0 Å². The molecule has 2 aromatic carbocycles. The van der Waals surface area contributed by atoms with Gasteiger partial charge in [0, 0.05) is 24.9 Å². The molecule has 0 spiro atoms. The van der Waals surface area contributed by atoms with Gasteiger partial charge < -0.3 is 20.5 Å². The lowest BCUT2D eigenvalue weighted by molar-refractivity contribution is -0.137. The second-order valence-corrected chi connectivity index (χ2v) is 9.11. The van der Waals surface area contributed by atoms with Crippen LogP contribution in [0.25, 0.3) is 11.1 Å². The molecule has 2 amide bonds. The maximum absolute atomic E-state index is 12.6. The maximum atomic E-state index is 12.6. The van der Waals surface area contributed by atoms with Gasteiger partial charge in [-0.3, -0.25) is 9.59 Å². The number of unbranched alkanes of at least 4 members (excludes halogenated alkanes) is 2. The Morgan fingerprint density at radius 3 is 2.26 bits per heavy atom. The molecule has 180 valence electrons. The number of hydrogen-bond donors (Lipinski definition) is 3. The summed E-state index contributed by atoms with van der Waals surface area (Å²) in [5.41, 5.74) is 4.70. The van der Waals surface area contributed by atoms with Crippen LogP contribution in [0.5, 0.6) is 0 Å². The molecule has 0 aromatic heterocycles. The number of ether oxygens (including phenoxy) is 1. The predicted octanol–water partition coefficient (Wildman–Crippen LogP) is 4.46. The van der Waals surface area contributed by atoms with Gasteiger partial charge in [-0.2, -0.15) is 0 Å². The molecule has 1 saturated carbocycles. The van der Waals surface area contributed by atoms with E-state index in [1.807, 2.05) is 24.3 Å². The monoisotopic (exact) mass is 464 g/mol. The summed E-state index contributed by atoms with van der Waals surface area (Å²) in [5, 5.41) is 14.5. The summed E-state index contributed by atoms with van der Waals surface area (Å²) in [6, 6.07) is 16.2. The lowest BCUT2D eigenvalue weighted by atomic mass is 9.98. The van der Waals surface area contributed by atoms with Gasteiger partial charge in [0.15, 0.2) is 0 Å². The van der Waals surface area contributed by atoms with Gasteiger partial charge in [-0.05, 0) is 47.9 Å². The van der Waals surface area contributed by atoms with Gasteiger partial charge in [-0.15, -0.1) is 0 Å². The quantitative estimate of drug-likeness (QED) is 0.451. The molecule has 7 heteroatoms. The summed E-state index contributed by atoms with van der Waals surface area (Å²) in [5.74, 6) is -1.11. The molecule has 0 aliphatic heterocycles. The van der Waals surface area contributed by atoms with E-state index < -0.39 is 12.1 Å². The van der Waals surface area contributed by atoms with Gasteiger partial charge in [-0.25, -0.2) is 4.79 Å². The lowest BCUT2D eigenvalue weighted by Gasteiger charge is -2.21. The minimum atomic E-state index is -0.794. The number of nitrogens with one attached hydrogen (secondary N) is 2. The molecule has 0 saturated heterocycles. The zero-order valence-electron chi connectivity index (χ0n) is 19.3. The Bertz CT molecular complexity index is 992. The number of carbonyl (C=O) groups is 3. The van der Waals surface area contributed by atoms with E-state index in [0.29, 0.717) is 13.0 Å². The van der Waals surface area contributed by atoms with Crippen LogP contribution in [-0.2, 0) is 14.3 Å². The van der Waals surface area contributed by atoms with Crippen LogP contribution in [0.2, 0.25) is 0 Å². The van der Waals surface area contributed by atoms with Gasteiger partial charge in [0.05, 0.1) is 5.92 Å². The molecule has 2 unspecified atom stereocenters. The molecule has 2 aliphatic carbocycles. The van der Waals surface area contributed by atoms with Crippen molar-refractivity contribution in [3.63, 3.8) is 0 Å². The third-order valence-electron chi connectivity index (χ3n) is 6.87. The Morgan fingerprint density at radius 2 is 1.59 bits per heavy atom. The van der Waals surface area contributed by atoms with Crippen molar-refractivity contribution in [2.45, 2.75) is 56.9 Å². The van der Waals surface area contributed by atoms with Crippen LogP contribution in [0.15, 0.2) is 48.5 Å². The van der Waals surface area contributed by atoms with E-state index in [4.69, 9.17) is 9.84 Å². The summed E-state index contributed by atoms with van der Waals surface area (Å²) < 4.78 is 5.64. The molecular weight excluding hydrogens is 432 g/mol. The van der Waals surface area contributed by atoms with Crippen LogP contribution in [0.1, 0.15) is 62.0 Å². The highest BCUT2D eigenvalue weighted by atomic mass is 16.5. The fourth-order valence-corrected chi connectivity index (χ4v) is 5.16. The maximum Gasteiger partial charge on any atom is 0.407 e. The van der Waals surface area contributed by atoms with Crippen molar-refractivity contribution < 1.29 is 24.2 Å². The number of carbonyl (C=O) groups excluding carboxylic acids is 2. The lowest BCUT2D eigenvalue weighted by Crippen LogP contribution is -2.44. The van der Waals surface area contributed by atoms with Crippen LogP contribution in [-0.4, -0.2) is 42.3 Å². The summed E-state index contributed by atoms with van der Waals surface area (Å²) >= 11 is 0. The number of alkyl carbamates (subject to hydrolysis) is 1. The van der Waals surface area contributed by atoms with E-state index in [2.05, 4.69) is 34.9 Å². The number of carboxylic acid groups (broad SMARTS) is 1. The Morgan fingerprint density at radius 1 is 0.912 bits per heavy atom. The third-order valence-corrected chi connectivity index (χ3v) is 6.87.